The van der Waals surface area contributed by atoms with Gasteiger partial charge >= 0.3 is 0 Å². The Morgan fingerprint density at radius 2 is 1.88 bits per heavy atom. The molecule has 0 aliphatic carbocycles. The third kappa shape index (κ3) is 4.95. The van der Waals surface area contributed by atoms with E-state index in [1.165, 1.54) is 16.2 Å². The Morgan fingerprint density at radius 1 is 1.16 bits per heavy atom. The summed E-state index contributed by atoms with van der Waals surface area (Å²) < 4.78 is 32.7. The fourth-order valence-electron chi connectivity index (χ4n) is 2.87. The first-order chi connectivity index (χ1) is 12.1. The van der Waals surface area contributed by atoms with Gasteiger partial charge in [-0.25, -0.2) is 8.42 Å². The van der Waals surface area contributed by atoms with Crippen molar-refractivity contribution in [2.75, 3.05) is 39.3 Å². The van der Waals surface area contributed by atoms with E-state index in [1.54, 1.807) is 21.8 Å². The Balaban J connectivity index is 1.39. The van der Waals surface area contributed by atoms with Gasteiger partial charge in [-0.3, -0.25) is 0 Å². The highest BCUT2D eigenvalue weighted by Gasteiger charge is 2.30. The van der Waals surface area contributed by atoms with Crippen molar-refractivity contribution in [1.82, 2.24) is 4.31 Å². The predicted octanol–water partition coefficient (Wildman–Crippen LogP) is 1.76. The molecule has 0 radical (unpaired) electrons. The first kappa shape index (κ1) is 18.7. The van der Waals surface area contributed by atoms with Gasteiger partial charge in [-0.15, -0.1) is 11.3 Å². The summed E-state index contributed by atoms with van der Waals surface area (Å²) in [6.45, 7) is 4.47. The summed E-state index contributed by atoms with van der Waals surface area (Å²) in [6, 6.07) is 10.8. The molecule has 1 saturated heterocycles. The number of benzene rings is 1. The first-order valence-corrected chi connectivity index (χ1v) is 11.0. The van der Waals surface area contributed by atoms with E-state index in [-0.39, 0.29) is 0 Å². The van der Waals surface area contributed by atoms with E-state index < -0.39 is 10.0 Å². The van der Waals surface area contributed by atoms with Crippen molar-refractivity contribution in [3.8, 4) is 5.75 Å². The maximum absolute atomic E-state index is 12.5. The average Bonchev–Trinajstić information content (AvgIpc) is 3.16. The minimum absolute atomic E-state index is 0.437. The number of thiophene rings is 1. The zero-order valence-electron chi connectivity index (χ0n) is 13.9. The Labute approximate surface area is 157 Å². The first-order valence-electron chi connectivity index (χ1n) is 8.31. The number of sulfonamides is 1. The number of halogens is 1. The van der Waals surface area contributed by atoms with Gasteiger partial charge in [-0.1, -0.05) is 17.7 Å². The predicted molar refractivity (Wildman–Crippen MR) is 100 cm³/mol. The zero-order chi connectivity index (χ0) is 17.7. The molecule has 1 aromatic heterocycles. The summed E-state index contributed by atoms with van der Waals surface area (Å²) >= 11 is 7.12. The van der Waals surface area contributed by atoms with Crippen LogP contribution in [0.2, 0.25) is 5.02 Å². The van der Waals surface area contributed by atoms with Crippen LogP contribution >= 0.6 is 22.9 Å². The van der Waals surface area contributed by atoms with Gasteiger partial charge in [0, 0.05) is 11.4 Å². The van der Waals surface area contributed by atoms with E-state index in [2.05, 4.69) is 0 Å². The van der Waals surface area contributed by atoms with Crippen molar-refractivity contribution in [2.24, 2.45) is 0 Å². The number of ether oxygens (including phenoxy) is 1. The molecule has 8 heteroatoms. The summed E-state index contributed by atoms with van der Waals surface area (Å²) in [7, 11) is -3.30. The van der Waals surface area contributed by atoms with E-state index in [0.29, 0.717) is 28.9 Å². The lowest BCUT2D eigenvalue weighted by atomic mass is 10.3. The highest BCUT2D eigenvalue weighted by molar-refractivity contribution is 7.91. The molecule has 2 heterocycles. The Bertz CT molecular complexity index is 756. The van der Waals surface area contributed by atoms with E-state index >= 15 is 0 Å². The van der Waals surface area contributed by atoms with Crippen molar-refractivity contribution in [2.45, 2.75) is 10.6 Å². The highest BCUT2D eigenvalue weighted by atomic mass is 35.5. The fourth-order valence-corrected chi connectivity index (χ4v) is 5.59. The molecule has 136 valence electrons. The molecule has 1 aliphatic rings. The summed E-state index contributed by atoms with van der Waals surface area (Å²) in [5.41, 5.74) is 0. The molecule has 0 spiro atoms. The van der Waals surface area contributed by atoms with Crippen LogP contribution in [0.15, 0.2) is 46.0 Å². The van der Waals surface area contributed by atoms with Gasteiger partial charge in [-0.2, -0.15) is 4.31 Å². The van der Waals surface area contributed by atoms with Crippen LogP contribution in [0.25, 0.3) is 0 Å². The van der Waals surface area contributed by atoms with Crippen LogP contribution in [0, 0.1) is 0 Å². The van der Waals surface area contributed by atoms with Crippen molar-refractivity contribution in [3.05, 3.63) is 46.8 Å². The third-order valence-corrected chi connectivity index (χ3v) is 7.80. The Morgan fingerprint density at radius 3 is 2.52 bits per heavy atom. The maximum Gasteiger partial charge on any atom is 0.252 e. The summed E-state index contributed by atoms with van der Waals surface area (Å²) in [5, 5.41) is 2.50. The van der Waals surface area contributed by atoms with Crippen molar-refractivity contribution >= 4 is 33.0 Å². The van der Waals surface area contributed by atoms with E-state index in [4.69, 9.17) is 16.3 Å². The van der Waals surface area contributed by atoms with Crippen molar-refractivity contribution in [1.29, 1.82) is 0 Å². The SMILES string of the molecule is O=S(=O)(c1cccs1)N1CC[NH+](CCCOc2ccc(Cl)cc2)CC1. The number of rotatable bonds is 7. The maximum atomic E-state index is 12.5. The molecule has 0 saturated carbocycles. The van der Waals surface area contributed by atoms with Gasteiger partial charge in [0.2, 0.25) is 0 Å². The van der Waals surface area contributed by atoms with Crippen LogP contribution in [-0.2, 0) is 10.0 Å². The second-order valence-electron chi connectivity index (χ2n) is 5.99. The van der Waals surface area contributed by atoms with Gasteiger partial charge in [0.05, 0.1) is 39.3 Å². The molecule has 0 atom stereocenters. The fraction of sp³-hybridized carbons (Fsp3) is 0.412. The molecule has 1 aromatic carbocycles. The van der Waals surface area contributed by atoms with Gasteiger partial charge in [0.25, 0.3) is 10.0 Å². The lowest BCUT2D eigenvalue weighted by Gasteiger charge is -2.31. The van der Waals surface area contributed by atoms with Crippen LogP contribution in [0.4, 0.5) is 0 Å². The van der Waals surface area contributed by atoms with Crippen molar-refractivity contribution < 1.29 is 18.1 Å². The number of nitrogens with zero attached hydrogens (tertiary/aromatic N) is 1. The Kier molecular flexibility index (Phi) is 6.35. The normalized spacial score (nSPS) is 16.8. The molecule has 25 heavy (non-hydrogen) atoms. The van der Waals surface area contributed by atoms with E-state index in [1.807, 2.05) is 24.3 Å². The smallest absolute Gasteiger partial charge is 0.252 e. The summed E-state index contributed by atoms with van der Waals surface area (Å²) in [4.78, 5) is 1.43. The molecule has 0 bridgehead atoms. The quantitative estimate of drug-likeness (QED) is 0.719. The molecule has 3 rings (SSSR count). The second-order valence-corrected chi connectivity index (χ2v) is 9.54. The van der Waals surface area contributed by atoms with Crippen LogP contribution < -0.4 is 9.64 Å². The molecule has 5 nitrogen and oxygen atoms in total. The van der Waals surface area contributed by atoms with Crippen LogP contribution in [0.1, 0.15) is 6.42 Å². The van der Waals surface area contributed by atoms with Gasteiger partial charge in [0.15, 0.2) is 0 Å². The largest absolute Gasteiger partial charge is 0.493 e. The van der Waals surface area contributed by atoms with Crippen molar-refractivity contribution in [3.63, 3.8) is 0 Å². The average molecular weight is 402 g/mol. The number of piperazine rings is 1. The molecule has 2 aromatic rings. The second kappa shape index (κ2) is 8.51. The number of hydrogen-bond donors (Lipinski definition) is 1. The lowest BCUT2D eigenvalue weighted by Crippen LogP contribution is -3.14. The van der Waals surface area contributed by atoms with E-state index in [9.17, 15) is 8.42 Å². The summed E-state index contributed by atoms with van der Waals surface area (Å²) in [6.07, 6.45) is 0.940. The van der Waals surface area contributed by atoms with Gasteiger partial charge in [-0.05, 0) is 35.7 Å². The van der Waals surface area contributed by atoms with Crippen LogP contribution in [0.5, 0.6) is 5.75 Å². The third-order valence-electron chi connectivity index (χ3n) is 4.28. The molecular weight excluding hydrogens is 380 g/mol. The molecule has 1 fully saturated rings. The van der Waals surface area contributed by atoms with Crippen LogP contribution in [-0.4, -0.2) is 52.1 Å². The van der Waals surface area contributed by atoms with Crippen LogP contribution in [0.3, 0.4) is 0 Å². The minimum atomic E-state index is -3.30. The molecule has 0 amide bonds. The Hall–Kier alpha value is -1.12. The number of quaternary nitrogens is 1. The molecular formula is C17H22ClN2O3S2+. The highest BCUT2D eigenvalue weighted by Crippen LogP contribution is 2.20. The zero-order valence-corrected chi connectivity index (χ0v) is 16.2. The number of hydrogen-bond acceptors (Lipinski definition) is 4. The molecule has 0 unspecified atom stereocenters. The van der Waals surface area contributed by atoms with E-state index in [0.717, 1.165) is 31.8 Å². The molecule has 1 N–H and O–H groups in total. The summed E-state index contributed by atoms with van der Waals surface area (Å²) in [5.74, 6) is 0.825. The monoisotopic (exact) mass is 401 g/mol. The minimum Gasteiger partial charge on any atom is -0.493 e. The van der Waals surface area contributed by atoms with Gasteiger partial charge in [0.1, 0.15) is 9.96 Å². The number of nitrogens with one attached hydrogen (secondary N) is 1. The van der Waals surface area contributed by atoms with Gasteiger partial charge < -0.3 is 9.64 Å². The topological polar surface area (TPSA) is 51.0 Å². The molecule has 1 aliphatic heterocycles. The standard InChI is InChI=1S/C17H21ClN2O3S2/c18-15-4-6-16(7-5-15)23-13-2-8-19-9-11-20(12-10-19)25(21,22)17-3-1-14-24-17/h1,3-7,14H,2,8-13H2/p+1. The lowest BCUT2D eigenvalue weighted by molar-refractivity contribution is -0.903.